The summed E-state index contributed by atoms with van der Waals surface area (Å²) in [6, 6.07) is 7.73. The summed E-state index contributed by atoms with van der Waals surface area (Å²) >= 11 is 6.00. The molecule has 6 heteroatoms. The minimum Gasteiger partial charge on any atom is -0.384 e. The Hall–Kier alpha value is -1.43. The molecule has 0 unspecified atom stereocenters. The van der Waals surface area contributed by atoms with Crippen molar-refractivity contribution in [1.82, 2.24) is 14.8 Å². The highest BCUT2D eigenvalue weighted by molar-refractivity contribution is 6.30. The molecule has 0 atom stereocenters. The van der Waals surface area contributed by atoms with E-state index in [4.69, 9.17) is 21.1 Å². The Bertz CT molecular complexity index is 557. The number of benzene rings is 1. The van der Waals surface area contributed by atoms with Gasteiger partial charge in [0.1, 0.15) is 12.4 Å². The maximum atomic E-state index is 6.00. The van der Waals surface area contributed by atoms with Gasteiger partial charge in [-0.25, -0.2) is 9.67 Å². The first-order valence-corrected chi connectivity index (χ1v) is 6.75. The average molecular weight is 296 g/mol. The topological polar surface area (TPSA) is 49.2 Å². The first-order chi connectivity index (χ1) is 9.72. The monoisotopic (exact) mass is 295 g/mol. The fraction of sp³-hybridized carbons (Fsp3) is 0.429. The molecule has 0 amide bonds. The molecular weight excluding hydrogens is 278 g/mol. The van der Waals surface area contributed by atoms with E-state index in [9.17, 15) is 0 Å². The maximum absolute atomic E-state index is 6.00. The van der Waals surface area contributed by atoms with Crippen molar-refractivity contribution < 1.29 is 9.47 Å². The number of hydrogen-bond acceptors (Lipinski definition) is 4. The van der Waals surface area contributed by atoms with E-state index >= 15 is 0 Å². The van der Waals surface area contributed by atoms with Gasteiger partial charge < -0.3 is 9.47 Å². The van der Waals surface area contributed by atoms with E-state index in [0.29, 0.717) is 32.0 Å². The fourth-order valence-corrected chi connectivity index (χ4v) is 2.14. The van der Waals surface area contributed by atoms with Crippen LogP contribution in [0.25, 0.3) is 0 Å². The molecule has 0 bridgehead atoms. The first-order valence-electron chi connectivity index (χ1n) is 6.38. The molecule has 0 saturated carbocycles. The molecule has 0 aliphatic carbocycles. The number of rotatable bonds is 7. The summed E-state index contributed by atoms with van der Waals surface area (Å²) < 4.78 is 12.1. The van der Waals surface area contributed by atoms with Gasteiger partial charge in [0, 0.05) is 25.7 Å². The third kappa shape index (κ3) is 4.03. The van der Waals surface area contributed by atoms with Gasteiger partial charge in [0.2, 0.25) is 0 Å². The van der Waals surface area contributed by atoms with Gasteiger partial charge in [-0.3, -0.25) is 0 Å². The van der Waals surface area contributed by atoms with Gasteiger partial charge in [0.15, 0.2) is 5.82 Å². The minimum absolute atomic E-state index is 0.405. The molecule has 0 aliphatic rings. The molecule has 0 spiro atoms. The molecule has 20 heavy (non-hydrogen) atoms. The van der Waals surface area contributed by atoms with Crippen LogP contribution in [0.1, 0.15) is 17.2 Å². The van der Waals surface area contributed by atoms with Crippen LogP contribution in [0, 0.1) is 0 Å². The van der Waals surface area contributed by atoms with Crippen molar-refractivity contribution in [2.24, 2.45) is 0 Å². The SMILES string of the molecule is COCCc1nc(COC)nn1Cc1cccc(Cl)c1. The Kier molecular flexibility index (Phi) is 5.52. The molecule has 1 heterocycles. The molecule has 0 radical (unpaired) electrons. The van der Waals surface area contributed by atoms with Crippen LogP contribution < -0.4 is 0 Å². The minimum atomic E-state index is 0.405. The lowest BCUT2D eigenvalue weighted by molar-refractivity contribution is 0.177. The fourth-order valence-electron chi connectivity index (χ4n) is 1.93. The Balaban J connectivity index is 2.19. The third-order valence-corrected chi connectivity index (χ3v) is 3.05. The van der Waals surface area contributed by atoms with Gasteiger partial charge in [-0.2, -0.15) is 5.10 Å². The van der Waals surface area contributed by atoms with Crippen molar-refractivity contribution in [2.75, 3.05) is 20.8 Å². The molecule has 1 aromatic carbocycles. The maximum Gasteiger partial charge on any atom is 0.176 e. The van der Waals surface area contributed by atoms with Crippen LogP contribution in [0.2, 0.25) is 5.02 Å². The van der Waals surface area contributed by atoms with Gasteiger partial charge in [0.05, 0.1) is 13.2 Å². The van der Waals surface area contributed by atoms with Crippen LogP contribution >= 0.6 is 11.6 Å². The second-order valence-electron chi connectivity index (χ2n) is 4.41. The van der Waals surface area contributed by atoms with E-state index in [2.05, 4.69) is 10.1 Å². The van der Waals surface area contributed by atoms with E-state index in [-0.39, 0.29) is 0 Å². The van der Waals surface area contributed by atoms with E-state index in [1.54, 1.807) is 14.2 Å². The standard InChI is InChI=1S/C14H18ClN3O2/c1-19-7-6-14-16-13(10-20-2)17-18(14)9-11-4-3-5-12(15)8-11/h3-5,8H,6-7,9-10H2,1-2H3. The number of methoxy groups -OCH3 is 2. The number of ether oxygens (including phenoxy) is 2. The van der Waals surface area contributed by atoms with Gasteiger partial charge in [0.25, 0.3) is 0 Å². The van der Waals surface area contributed by atoms with Crippen molar-refractivity contribution in [1.29, 1.82) is 0 Å². The van der Waals surface area contributed by atoms with Crippen molar-refractivity contribution in [3.63, 3.8) is 0 Å². The highest BCUT2D eigenvalue weighted by atomic mass is 35.5. The van der Waals surface area contributed by atoms with Crippen LogP contribution in [0.3, 0.4) is 0 Å². The second-order valence-corrected chi connectivity index (χ2v) is 4.84. The Morgan fingerprint density at radius 3 is 2.80 bits per heavy atom. The highest BCUT2D eigenvalue weighted by Gasteiger charge is 2.10. The van der Waals surface area contributed by atoms with Crippen LogP contribution in [0.5, 0.6) is 0 Å². The van der Waals surface area contributed by atoms with Crippen LogP contribution in [-0.4, -0.2) is 35.6 Å². The van der Waals surface area contributed by atoms with Crippen molar-refractivity contribution in [2.45, 2.75) is 19.6 Å². The lowest BCUT2D eigenvalue weighted by atomic mass is 10.2. The van der Waals surface area contributed by atoms with Crippen molar-refractivity contribution in [3.05, 3.63) is 46.5 Å². The number of aromatic nitrogens is 3. The molecule has 0 N–H and O–H groups in total. The lowest BCUT2D eigenvalue weighted by Gasteiger charge is -2.06. The van der Waals surface area contributed by atoms with Crippen molar-refractivity contribution in [3.8, 4) is 0 Å². The lowest BCUT2D eigenvalue weighted by Crippen LogP contribution is -2.09. The zero-order chi connectivity index (χ0) is 14.4. The summed E-state index contributed by atoms with van der Waals surface area (Å²) in [5.41, 5.74) is 1.09. The quantitative estimate of drug-likeness (QED) is 0.786. The summed E-state index contributed by atoms with van der Waals surface area (Å²) in [6.07, 6.45) is 0.716. The Morgan fingerprint density at radius 1 is 1.25 bits per heavy atom. The molecule has 5 nitrogen and oxygen atoms in total. The van der Waals surface area contributed by atoms with E-state index in [1.807, 2.05) is 28.9 Å². The zero-order valence-electron chi connectivity index (χ0n) is 11.7. The summed E-state index contributed by atoms with van der Waals surface area (Å²) in [6.45, 7) is 1.65. The molecule has 0 saturated heterocycles. The first kappa shape index (κ1) is 15.0. The Labute approximate surface area is 123 Å². The molecule has 0 fully saturated rings. The second kappa shape index (κ2) is 7.38. The number of nitrogens with zero attached hydrogens (tertiary/aromatic N) is 3. The number of hydrogen-bond donors (Lipinski definition) is 0. The normalized spacial score (nSPS) is 10.9. The Morgan fingerprint density at radius 2 is 2.10 bits per heavy atom. The van der Waals surface area contributed by atoms with Crippen LogP contribution in [-0.2, 0) is 29.0 Å². The zero-order valence-corrected chi connectivity index (χ0v) is 12.4. The molecule has 2 rings (SSSR count). The van der Waals surface area contributed by atoms with Crippen LogP contribution in [0.15, 0.2) is 24.3 Å². The molecule has 108 valence electrons. The van der Waals surface area contributed by atoms with E-state index in [1.165, 1.54) is 0 Å². The average Bonchev–Trinajstić information content (AvgIpc) is 2.79. The number of halogens is 1. The van der Waals surface area contributed by atoms with Gasteiger partial charge in [-0.05, 0) is 17.7 Å². The molecule has 0 aliphatic heterocycles. The van der Waals surface area contributed by atoms with Gasteiger partial charge in [-0.1, -0.05) is 23.7 Å². The van der Waals surface area contributed by atoms with E-state index < -0.39 is 0 Å². The molecule has 1 aromatic heterocycles. The van der Waals surface area contributed by atoms with Gasteiger partial charge in [-0.15, -0.1) is 0 Å². The van der Waals surface area contributed by atoms with Gasteiger partial charge >= 0.3 is 0 Å². The summed E-state index contributed by atoms with van der Waals surface area (Å²) in [7, 11) is 3.31. The summed E-state index contributed by atoms with van der Waals surface area (Å²) in [5.74, 6) is 1.57. The van der Waals surface area contributed by atoms with E-state index in [0.717, 1.165) is 16.4 Å². The molecule has 2 aromatic rings. The predicted molar refractivity (Wildman–Crippen MR) is 76.9 cm³/mol. The highest BCUT2D eigenvalue weighted by Crippen LogP contribution is 2.13. The summed E-state index contributed by atoms with van der Waals surface area (Å²) in [4.78, 5) is 4.47. The largest absolute Gasteiger partial charge is 0.384 e. The molecular formula is C14H18ClN3O2. The smallest absolute Gasteiger partial charge is 0.176 e. The van der Waals surface area contributed by atoms with Crippen molar-refractivity contribution >= 4 is 11.6 Å². The van der Waals surface area contributed by atoms with Crippen LogP contribution in [0.4, 0.5) is 0 Å². The third-order valence-electron chi connectivity index (χ3n) is 2.82. The summed E-state index contributed by atoms with van der Waals surface area (Å²) in [5, 5.41) is 5.18. The predicted octanol–water partition coefficient (Wildman–Crippen LogP) is 2.32.